The van der Waals surface area contributed by atoms with Crippen molar-refractivity contribution in [3.8, 4) is 0 Å². The van der Waals surface area contributed by atoms with Gasteiger partial charge in [0.25, 0.3) is 5.91 Å². The van der Waals surface area contributed by atoms with Crippen LogP contribution in [-0.4, -0.2) is 70.8 Å². The molecular formula is C35H44N2O6. The summed E-state index contributed by atoms with van der Waals surface area (Å²) in [7, 11) is 0. The molecule has 3 heterocycles. The molecule has 6 atom stereocenters. The Morgan fingerprint density at radius 3 is 2.56 bits per heavy atom. The number of anilines is 1. The van der Waals surface area contributed by atoms with E-state index < -0.39 is 41.1 Å². The van der Waals surface area contributed by atoms with E-state index in [1.807, 2.05) is 63.2 Å². The van der Waals surface area contributed by atoms with Gasteiger partial charge in [-0.05, 0) is 60.9 Å². The van der Waals surface area contributed by atoms with Crippen LogP contribution in [0.25, 0.3) is 10.8 Å². The van der Waals surface area contributed by atoms with Gasteiger partial charge >= 0.3 is 5.97 Å². The van der Waals surface area contributed by atoms with Crippen LogP contribution in [0.1, 0.15) is 52.9 Å². The lowest BCUT2D eigenvalue weighted by Gasteiger charge is -2.40. The van der Waals surface area contributed by atoms with Crippen LogP contribution in [0.2, 0.25) is 0 Å². The van der Waals surface area contributed by atoms with Gasteiger partial charge in [0.2, 0.25) is 5.91 Å². The van der Waals surface area contributed by atoms with Crippen LogP contribution in [0.4, 0.5) is 5.69 Å². The van der Waals surface area contributed by atoms with Crippen LogP contribution in [0.15, 0.2) is 67.8 Å². The highest BCUT2D eigenvalue weighted by Crippen LogP contribution is 2.65. The fourth-order valence-electron chi connectivity index (χ4n) is 7.71. The Kier molecular flexibility index (Phi) is 8.82. The van der Waals surface area contributed by atoms with Gasteiger partial charge < -0.3 is 24.4 Å². The van der Waals surface area contributed by atoms with Gasteiger partial charge in [0.05, 0.1) is 30.8 Å². The van der Waals surface area contributed by atoms with Crippen molar-refractivity contribution >= 4 is 34.2 Å². The standard InChI is InChI=1S/C35H44N2O6/c1-6-9-12-20-42-33(41)29-28-31(39)37(27(22-38)23(4)5)30(35(28)18-17-34(29,8-3)43-35)32(40)36(19-7-2)26-16-15-24-13-10-11-14-25(24)21-26/h6-7,10-11,13-16,21,23,27-30,38H,1-2,8-9,12,17-20,22H2,3-5H3/t27-,28-,29+,30?,34-,35?/m0/s1. The fraction of sp³-hybridized carbons (Fsp3) is 0.514. The normalized spacial score (nSPS) is 28.3. The Bertz CT molecular complexity index is 1410. The summed E-state index contributed by atoms with van der Waals surface area (Å²) in [6, 6.07) is 12.1. The van der Waals surface area contributed by atoms with Crippen LogP contribution in [-0.2, 0) is 23.9 Å². The first-order valence-electron chi connectivity index (χ1n) is 15.5. The monoisotopic (exact) mass is 588 g/mol. The molecule has 1 spiro atoms. The van der Waals surface area contributed by atoms with Gasteiger partial charge in [-0.25, -0.2) is 0 Å². The number of fused-ring (bicyclic) bond motifs is 2. The molecule has 2 bridgehead atoms. The number of amides is 2. The molecule has 0 aromatic heterocycles. The van der Waals surface area contributed by atoms with Crippen LogP contribution < -0.4 is 4.90 Å². The number of nitrogens with zero attached hydrogens (tertiary/aromatic N) is 2. The summed E-state index contributed by atoms with van der Waals surface area (Å²) >= 11 is 0. The second-order valence-electron chi connectivity index (χ2n) is 12.4. The average molecular weight is 589 g/mol. The van der Waals surface area contributed by atoms with Crippen LogP contribution >= 0.6 is 0 Å². The summed E-state index contributed by atoms with van der Waals surface area (Å²) in [5, 5.41) is 12.6. The molecule has 3 fully saturated rings. The fourth-order valence-corrected chi connectivity index (χ4v) is 7.71. The number of aliphatic hydroxyl groups is 1. The lowest BCUT2D eigenvalue weighted by Crippen LogP contribution is -2.60. The van der Waals surface area contributed by atoms with E-state index in [0.29, 0.717) is 37.8 Å². The first-order valence-corrected chi connectivity index (χ1v) is 15.5. The first kappa shape index (κ1) is 31.0. The van der Waals surface area contributed by atoms with Crippen molar-refractivity contribution in [2.75, 3.05) is 24.7 Å². The predicted molar refractivity (Wildman–Crippen MR) is 166 cm³/mol. The maximum atomic E-state index is 14.9. The van der Waals surface area contributed by atoms with Crippen molar-refractivity contribution in [1.82, 2.24) is 4.90 Å². The molecule has 230 valence electrons. The minimum absolute atomic E-state index is 0.144. The number of unbranched alkanes of at least 4 members (excludes halogenated alkanes) is 1. The number of benzene rings is 2. The summed E-state index contributed by atoms with van der Waals surface area (Å²) < 4.78 is 12.6. The lowest BCUT2D eigenvalue weighted by molar-refractivity contribution is -0.162. The number of allylic oxidation sites excluding steroid dienone is 1. The minimum Gasteiger partial charge on any atom is -0.465 e. The number of carbonyl (C=O) groups excluding carboxylic acids is 3. The molecule has 5 rings (SSSR count). The van der Waals surface area contributed by atoms with Gasteiger partial charge in [0.15, 0.2) is 0 Å². The van der Waals surface area contributed by atoms with Crippen molar-refractivity contribution in [3.63, 3.8) is 0 Å². The third-order valence-corrected chi connectivity index (χ3v) is 9.84. The van der Waals surface area contributed by atoms with Gasteiger partial charge in [-0.1, -0.05) is 63.3 Å². The number of hydrogen-bond acceptors (Lipinski definition) is 6. The maximum absolute atomic E-state index is 14.9. The van der Waals surface area contributed by atoms with E-state index in [-0.39, 0.29) is 37.5 Å². The second kappa shape index (κ2) is 12.2. The Morgan fingerprint density at radius 1 is 1.16 bits per heavy atom. The molecule has 0 aliphatic carbocycles. The van der Waals surface area contributed by atoms with E-state index >= 15 is 0 Å². The third-order valence-electron chi connectivity index (χ3n) is 9.84. The zero-order valence-electron chi connectivity index (χ0n) is 25.5. The first-order chi connectivity index (χ1) is 20.7. The second-order valence-corrected chi connectivity index (χ2v) is 12.4. The molecule has 8 nitrogen and oxygen atoms in total. The van der Waals surface area contributed by atoms with Gasteiger partial charge in [0.1, 0.15) is 17.6 Å². The number of ether oxygens (including phenoxy) is 2. The van der Waals surface area contributed by atoms with E-state index in [0.717, 1.165) is 10.8 Å². The van der Waals surface area contributed by atoms with Gasteiger partial charge in [-0.15, -0.1) is 13.2 Å². The molecule has 2 aromatic rings. The summed E-state index contributed by atoms with van der Waals surface area (Å²) in [5.74, 6) is -2.95. The number of rotatable bonds is 13. The zero-order chi connectivity index (χ0) is 30.9. The largest absolute Gasteiger partial charge is 0.465 e. The van der Waals surface area contributed by atoms with E-state index in [4.69, 9.17) is 9.47 Å². The van der Waals surface area contributed by atoms with Crippen molar-refractivity contribution in [1.29, 1.82) is 0 Å². The van der Waals surface area contributed by atoms with Crippen LogP contribution in [0, 0.1) is 17.8 Å². The van der Waals surface area contributed by atoms with E-state index in [1.165, 1.54) is 4.90 Å². The molecule has 2 unspecified atom stereocenters. The molecule has 0 radical (unpaired) electrons. The van der Waals surface area contributed by atoms with Crippen LogP contribution in [0.5, 0.6) is 0 Å². The predicted octanol–water partition coefficient (Wildman–Crippen LogP) is 5.04. The summed E-state index contributed by atoms with van der Waals surface area (Å²) in [4.78, 5) is 46.4. The average Bonchev–Trinajstić information content (AvgIpc) is 3.61. The molecule has 3 aliphatic rings. The van der Waals surface area contributed by atoms with Crippen molar-refractivity contribution < 1.29 is 29.0 Å². The minimum atomic E-state index is -1.21. The quantitative estimate of drug-likeness (QED) is 0.200. The van der Waals surface area contributed by atoms with E-state index in [1.54, 1.807) is 17.1 Å². The molecule has 43 heavy (non-hydrogen) atoms. The lowest BCUT2D eigenvalue weighted by atomic mass is 9.65. The molecule has 3 saturated heterocycles. The van der Waals surface area contributed by atoms with Crippen molar-refractivity contribution in [2.24, 2.45) is 17.8 Å². The van der Waals surface area contributed by atoms with Gasteiger partial charge in [-0.3, -0.25) is 14.4 Å². The molecule has 0 saturated carbocycles. The topological polar surface area (TPSA) is 96.4 Å². The smallest absolute Gasteiger partial charge is 0.312 e. The highest BCUT2D eigenvalue weighted by molar-refractivity contribution is 6.05. The van der Waals surface area contributed by atoms with Crippen molar-refractivity contribution in [3.05, 3.63) is 67.8 Å². The molecule has 2 aromatic carbocycles. The molecule has 8 heteroatoms. The Balaban J connectivity index is 1.60. The van der Waals surface area contributed by atoms with Gasteiger partial charge in [-0.2, -0.15) is 0 Å². The molecule has 2 amide bonds. The zero-order valence-corrected chi connectivity index (χ0v) is 25.5. The summed E-state index contributed by atoms with van der Waals surface area (Å²) in [6.45, 7) is 13.6. The Labute approximate surface area is 254 Å². The molecule has 3 aliphatic heterocycles. The van der Waals surface area contributed by atoms with Gasteiger partial charge in [0, 0.05) is 12.2 Å². The number of likely N-dealkylation sites (tertiary alicyclic amines) is 1. The third kappa shape index (κ3) is 4.98. The number of hydrogen-bond donors (Lipinski definition) is 1. The van der Waals surface area contributed by atoms with E-state index in [2.05, 4.69) is 13.2 Å². The highest BCUT2D eigenvalue weighted by Gasteiger charge is 2.79. The molecule has 1 N–H and O–H groups in total. The summed E-state index contributed by atoms with van der Waals surface area (Å²) in [5.41, 5.74) is -1.43. The SMILES string of the molecule is C=CCCCOC(=O)[C@H]1[C@H]2C(=O)N([C@@H](CO)C(C)C)C(C(=O)N(CC=C)c3ccc4ccccc4c3)C23CC[C@]1(CC)O3. The maximum Gasteiger partial charge on any atom is 0.312 e. The molecular weight excluding hydrogens is 544 g/mol. The Morgan fingerprint density at radius 2 is 1.91 bits per heavy atom. The number of aliphatic hydroxyl groups excluding tert-OH is 1. The van der Waals surface area contributed by atoms with Crippen LogP contribution in [0.3, 0.4) is 0 Å². The Hall–Kier alpha value is -3.49. The number of carbonyl (C=O) groups is 3. The van der Waals surface area contributed by atoms with Crippen molar-refractivity contribution in [2.45, 2.75) is 76.2 Å². The number of esters is 1. The summed E-state index contributed by atoms with van der Waals surface area (Å²) in [6.07, 6.45) is 6.31. The highest BCUT2D eigenvalue weighted by atomic mass is 16.6. The van der Waals surface area contributed by atoms with E-state index in [9.17, 15) is 19.5 Å².